The minimum absolute atomic E-state index is 0.0892. The minimum atomic E-state index is -3.48. The molecule has 2 aromatic rings. The quantitative estimate of drug-likeness (QED) is 0.831. The van der Waals surface area contributed by atoms with Crippen molar-refractivity contribution in [3.05, 3.63) is 36.0 Å². The number of aryl methyl sites for hydroxylation is 1. The van der Waals surface area contributed by atoms with Crippen molar-refractivity contribution in [3.63, 3.8) is 0 Å². The van der Waals surface area contributed by atoms with Gasteiger partial charge < -0.3 is 9.26 Å². The van der Waals surface area contributed by atoms with Gasteiger partial charge >= 0.3 is 0 Å². The van der Waals surface area contributed by atoms with Crippen molar-refractivity contribution in [1.82, 2.24) is 10.1 Å². The van der Waals surface area contributed by atoms with Crippen molar-refractivity contribution in [2.24, 2.45) is 0 Å². The van der Waals surface area contributed by atoms with E-state index in [2.05, 4.69) is 10.1 Å². The lowest BCUT2D eigenvalue weighted by Crippen LogP contribution is -2.05. The van der Waals surface area contributed by atoms with Crippen LogP contribution in [0.5, 0.6) is 5.75 Å². The van der Waals surface area contributed by atoms with E-state index in [1.165, 1.54) is 12.1 Å². The Kier molecular flexibility index (Phi) is 3.84. The fourth-order valence-electron chi connectivity index (χ4n) is 1.55. The third-order valence-electron chi connectivity index (χ3n) is 2.38. The fraction of sp³-hybridized carbons (Fsp3) is 0.333. The van der Waals surface area contributed by atoms with Crippen LogP contribution in [0.15, 0.2) is 33.7 Å². The maximum atomic E-state index is 12.1. The highest BCUT2D eigenvalue weighted by Crippen LogP contribution is 2.19. The summed E-state index contributed by atoms with van der Waals surface area (Å²) in [6.07, 6.45) is 0. The summed E-state index contributed by atoms with van der Waals surface area (Å²) in [4.78, 5) is 4.09. The van der Waals surface area contributed by atoms with E-state index in [4.69, 9.17) is 9.26 Å². The molecule has 1 heterocycles. The van der Waals surface area contributed by atoms with Crippen LogP contribution in [0.1, 0.15) is 18.6 Å². The van der Waals surface area contributed by atoms with Gasteiger partial charge in [-0.05, 0) is 38.1 Å². The molecule has 19 heavy (non-hydrogen) atoms. The Morgan fingerprint density at radius 3 is 2.47 bits per heavy atom. The Morgan fingerprint density at radius 1 is 1.26 bits per heavy atom. The largest absolute Gasteiger partial charge is 0.494 e. The van der Waals surface area contributed by atoms with Gasteiger partial charge in [0.25, 0.3) is 0 Å². The van der Waals surface area contributed by atoms with Gasteiger partial charge in [0.15, 0.2) is 15.7 Å². The molecule has 0 bridgehead atoms. The second kappa shape index (κ2) is 5.40. The van der Waals surface area contributed by atoms with Crippen LogP contribution < -0.4 is 4.74 Å². The number of hydrogen-bond acceptors (Lipinski definition) is 6. The molecule has 0 N–H and O–H groups in total. The van der Waals surface area contributed by atoms with Crippen molar-refractivity contribution < 1.29 is 17.7 Å². The Morgan fingerprint density at radius 2 is 1.95 bits per heavy atom. The maximum Gasteiger partial charge on any atom is 0.242 e. The Balaban J connectivity index is 2.19. The van der Waals surface area contributed by atoms with Crippen LogP contribution in [-0.2, 0) is 15.6 Å². The first-order valence-corrected chi connectivity index (χ1v) is 7.41. The van der Waals surface area contributed by atoms with Gasteiger partial charge in [-0.2, -0.15) is 4.98 Å². The molecule has 0 amide bonds. The van der Waals surface area contributed by atoms with E-state index in [9.17, 15) is 8.42 Å². The zero-order valence-corrected chi connectivity index (χ0v) is 11.5. The molecule has 2 rings (SSSR count). The van der Waals surface area contributed by atoms with Crippen molar-refractivity contribution in [2.45, 2.75) is 24.5 Å². The molecule has 0 aliphatic carbocycles. The molecule has 0 saturated heterocycles. The molecular formula is C12H14N2O4S. The molecule has 0 unspecified atom stereocenters. The molecule has 0 spiro atoms. The van der Waals surface area contributed by atoms with E-state index in [-0.39, 0.29) is 16.5 Å². The number of nitrogens with zero attached hydrogens (tertiary/aromatic N) is 2. The third kappa shape index (κ3) is 3.31. The Bertz CT molecular complexity index is 647. The fourth-order valence-corrected chi connectivity index (χ4v) is 2.71. The van der Waals surface area contributed by atoms with Crippen LogP contribution in [0.4, 0.5) is 0 Å². The average molecular weight is 282 g/mol. The smallest absolute Gasteiger partial charge is 0.242 e. The molecular weight excluding hydrogens is 268 g/mol. The molecule has 7 heteroatoms. The van der Waals surface area contributed by atoms with Gasteiger partial charge in [-0.3, -0.25) is 0 Å². The minimum Gasteiger partial charge on any atom is -0.494 e. The van der Waals surface area contributed by atoms with Crippen molar-refractivity contribution in [1.29, 1.82) is 0 Å². The maximum absolute atomic E-state index is 12.1. The summed E-state index contributed by atoms with van der Waals surface area (Å²) in [6.45, 7) is 4.03. The van der Waals surface area contributed by atoms with Crippen LogP contribution in [0.2, 0.25) is 0 Å². The Labute approximate surface area is 111 Å². The molecule has 102 valence electrons. The zero-order chi connectivity index (χ0) is 13.9. The molecule has 0 radical (unpaired) electrons. The number of benzene rings is 1. The normalized spacial score (nSPS) is 11.5. The summed E-state index contributed by atoms with van der Waals surface area (Å²) in [7, 11) is -3.48. The highest BCUT2D eigenvalue weighted by atomic mass is 32.2. The molecule has 1 aromatic heterocycles. The van der Waals surface area contributed by atoms with Crippen LogP contribution >= 0.6 is 0 Å². The third-order valence-corrected chi connectivity index (χ3v) is 3.99. The standard InChI is InChI=1S/C12H14N2O4S/c1-3-17-10-4-6-11(7-5-10)19(15,16)8-12-13-9(2)14-18-12/h4-7H,3,8H2,1-2H3. The highest BCUT2D eigenvalue weighted by Gasteiger charge is 2.19. The zero-order valence-electron chi connectivity index (χ0n) is 10.7. The SMILES string of the molecule is CCOc1ccc(S(=O)(=O)Cc2nc(C)no2)cc1. The first-order valence-electron chi connectivity index (χ1n) is 5.76. The van der Waals surface area contributed by atoms with Crippen LogP contribution in [-0.4, -0.2) is 25.2 Å². The van der Waals surface area contributed by atoms with E-state index in [0.717, 1.165) is 0 Å². The van der Waals surface area contributed by atoms with E-state index in [1.807, 2.05) is 6.92 Å². The number of sulfone groups is 1. The first kappa shape index (κ1) is 13.5. The molecule has 0 aliphatic rings. The molecule has 6 nitrogen and oxygen atoms in total. The lowest BCUT2D eigenvalue weighted by molar-refractivity contribution is 0.340. The lowest BCUT2D eigenvalue weighted by atomic mass is 10.3. The second-order valence-corrected chi connectivity index (χ2v) is 5.89. The number of rotatable bonds is 5. The average Bonchev–Trinajstić information content (AvgIpc) is 2.75. The summed E-state index contributed by atoms with van der Waals surface area (Å²) in [5.41, 5.74) is 0. The number of ether oxygens (including phenoxy) is 1. The Hall–Kier alpha value is -1.89. The predicted molar refractivity (Wildman–Crippen MR) is 67.5 cm³/mol. The van der Waals surface area contributed by atoms with Crippen molar-refractivity contribution >= 4 is 9.84 Å². The van der Waals surface area contributed by atoms with Gasteiger partial charge in [0.1, 0.15) is 11.5 Å². The van der Waals surface area contributed by atoms with Gasteiger partial charge in [0.2, 0.25) is 5.89 Å². The van der Waals surface area contributed by atoms with Crippen molar-refractivity contribution in [2.75, 3.05) is 6.61 Å². The number of hydrogen-bond donors (Lipinski definition) is 0. The van der Waals surface area contributed by atoms with Crippen molar-refractivity contribution in [3.8, 4) is 5.75 Å². The van der Waals surface area contributed by atoms with Crippen LogP contribution in [0.25, 0.3) is 0 Å². The topological polar surface area (TPSA) is 82.3 Å². The first-order chi connectivity index (χ1) is 9.01. The van der Waals surface area contributed by atoms with Gasteiger partial charge in [0.05, 0.1) is 11.5 Å². The summed E-state index contributed by atoms with van der Waals surface area (Å²) in [6, 6.07) is 6.25. The molecule has 0 aliphatic heterocycles. The van der Waals surface area contributed by atoms with E-state index in [0.29, 0.717) is 18.2 Å². The summed E-state index contributed by atoms with van der Waals surface area (Å²) in [5.74, 6) is 0.834. The molecule has 0 fully saturated rings. The summed E-state index contributed by atoms with van der Waals surface area (Å²) in [5, 5.41) is 3.56. The molecule has 1 aromatic carbocycles. The predicted octanol–water partition coefficient (Wildman–Crippen LogP) is 1.75. The summed E-state index contributed by atoms with van der Waals surface area (Å²) >= 11 is 0. The van der Waals surface area contributed by atoms with E-state index in [1.54, 1.807) is 19.1 Å². The van der Waals surface area contributed by atoms with Gasteiger partial charge in [-0.25, -0.2) is 8.42 Å². The van der Waals surface area contributed by atoms with E-state index < -0.39 is 9.84 Å². The van der Waals surface area contributed by atoms with Gasteiger partial charge in [0, 0.05) is 0 Å². The van der Waals surface area contributed by atoms with Gasteiger partial charge in [-0.15, -0.1) is 0 Å². The molecule has 0 saturated carbocycles. The monoisotopic (exact) mass is 282 g/mol. The van der Waals surface area contributed by atoms with Crippen LogP contribution in [0, 0.1) is 6.92 Å². The van der Waals surface area contributed by atoms with Gasteiger partial charge in [-0.1, -0.05) is 5.16 Å². The van der Waals surface area contributed by atoms with E-state index >= 15 is 0 Å². The lowest BCUT2D eigenvalue weighted by Gasteiger charge is -2.04. The van der Waals surface area contributed by atoms with Crippen LogP contribution in [0.3, 0.4) is 0 Å². The number of aromatic nitrogens is 2. The second-order valence-electron chi connectivity index (χ2n) is 3.90. The highest BCUT2D eigenvalue weighted by molar-refractivity contribution is 7.90. The summed E-state index contributed by atoms with van der Waals surface area (Å²) < 4.78 is 34.3. The molecule has 0 atom stereocenters.